The lowest BCUT2D eigenvalue weighted by Gasteiger charge is -2.37. The van der Waals surface area contributed by atoms with Crippen molar-refractivity contribution in [3.8, 4) is 0 Å². The Bertz CT molecular complexity index is 243. The summed E-state index contributed by atoms with van der Waals surface area (Å²) in [4.78, 5) is 16.5. The molecule has 0 spiro atoms. The van der Waals surface area contributed by atoms with Gasteiger partial charge in [-0.15, -0.1) is 0 Å². The Morgan fingerprint density at radius 2 is 2.24 bits per heavy atom. The maximum absolute atomic E-state index is 12.2. The normalized spacial score (nSPS) is 22.9. The highest BCUT2D eigenvalue weighted by atomic mass is 16.2. The summed E-state index contributed by atoms with van der Waals surface area (Å²) in [6.45, 7) is 4.52. The van der Waals surface area contributed by atoms with Gasteiger partial charge in [0.05, 0.1) is 0 Å². The molecule has 2 unspecified atom stereocenters. The molecule has 0 aromatic rings. The number of carbonyl (C=O) groups is 1. The highest BCUT2D eigenvalue weighted by molar-refractivity contribution is 5.78. The lowest BCUT2D eigenvalue weighted by molar-refractivity contribution is -0.137. The molecule has 1 rings (SSSR count). The molecule has 1 fully saturated rings. The van der Waals surface area contributed by atoms with E-state index >= 15 is 0 Å². The molecule has 0 saturated carbocycles. The van der Waals surface area contributed by atoms with E-state index in [1.807, 2.05) is 11.8 Å². The second kappa shape index (κ2) is 6.97. The highest BCUT2D eigenvalue weighted by Gasteiger charge is 2.27. The van der Waals surface area contributed by atoms with Gasteiger partial charge in [0, 0.05) is 25.0 Å². The first kappa shape index (κ1) is 14.5. The van der Waals surface area contributed by atoms with Crippen molar-refractivity contribution in [2.45, 2.75) is 38.6 Å². The molecule has 4 nitrogen and oxygen atoms in total. The third kappa shape index (κ3) is 4.28. The van der Waals surface area contributed by atoms with Crippen LogP contribution in [0.5, 0.6) is 0 Å². The third-order valence-electron chi connectivity index (χ3n) is 3.70. The Morgan fingerprint density at radius 3 is 2.82 bits per heavy atom. The molecule has 4 heteroatoms. The first-order chi connectivity index (χ1) is 8.06. The van der Waals surface area contributed by atoms with Crippen LogP contribution in [0, 0.1) is 5.92 Å². The number of likely N-dealkylation sites (tertiary alicyclic amines) is 1. The molecule has 100 valence electrons. The number of nitrogens with zero attached hydrogens (tertiary/aromatic N) is 2. The van der Waals surface area contributed by atoms with Crippen molar-refractivity contribution in [2.75, 3.05) is 33.7 Å². The smallest absolute Gasteiger partial charge is 0.225 e. The summed E-state index contributed by atoms with van der Waals surface area (Å²) in [5.41, 5.74) is 5.49. The molecule has 0 aromatic carbocycles. The molecule has 0 aromatic heterocycles. The van der Waals surface area contributed by atoms with Crippen molar-refractivity contribution in [1.82, 2.24) is 9.80 Å². The summed E-state index contributed by atoms with van der Waals surface area (Å²) in [6, 6.07) is 0.523. The Balaban J connectivity index is 2.45. The molecular weight excluding hydrogens is 214 g/mol. The molecule has 1 saturated heterocycles. The van der Waals surface area contributed by atoms with E-state index < -0.39 is 0 Å². The fourth-order valence-corrected chi connectivity index (χ4v) is 2.44. The van der Waals surface area contributed by atoms with E-state index in [-0.39, 0.29) is 5.92 Å². The maximum Gasteiger partial charge on any atom is 0.225 e. The van der Waals surface area contributed by atoms with Crippen LogP contribution in [0.2, 0.25) is 0 Å². The number of likely N-dealkylation sites (N-methyl/N-ethyl adjacent to an activating group) is 1. The first-order valence-electron chi connectivity index (χ1n) is 6.71. The average molecular weight is 241 g/mol. The van der Waals surface area contributed by atoms with Crippen LogP contribution in [0.3, 0.4) is 0 Å². The number of nitrogens with two attached hydrogens (primary N) is 1. The Hall–Kier alpha value is -0.610. The van der Waals surface area contributed by atoms with Crippen molar-refractivity contribution in [2.24, 2.45) is 11.7 Å². The predicted molar refractivity (Wildman–Crippen MR) is 70.7 cm³/mol. The van der Waals surface area contributed by atoms with Crippen LogP contribution in [-0.4, -0.2) is 55.5 Å². The largest absolute Gasteiger partial charge is 0.341 e. The Kier molecular flexibility index (Phi) is 5.92. The quantitative estimate of drug-likeness (QED) is 0.778. The molecule has 2 N–H and O–H groups in total. The van der Waals surface area contributed by atoms with Crippen LogP contribution < -0.4 is 5.73 Å². The molecule has 0 radical (unpaired) electrons. The molecule has 1 aliphatic heterocycles. The standard InChI is InChI=1S/C13H27N3O/c1-11(6-4-8-14)13(17)16-9-5-7-12(10-16)15(2)3/h11-12H,4-10,14H2,1-3H3. The minimum absolute atomic E-state index is 0.125. The number of piperidine rings is 1. The maximum atomic E-state index is 12.2. The fraction of sp³-hybridized carbons (Fsp3) is 0.923. The molecule has 0 aliphatic carbocycles. The summed E-state index contributed by atoms with van der Waals surface area (Å²) in [7, 11) is 4.19. The minimum atomic E-state index is 0.125. The average Bonchev–Trinajstić information content (AvgIpc) is 2.35. The number of carbonyl (C=O) groups excluding carboxylic acids is 1. The van der Waals surface area contributed by atoms with Gasteiger partial charge in [-0.25, -0.2) is 0 Å². The zero-order chi connectivity index (χ0) is 12.8. The third-order valence-corrected chi connectivity index (χ3v) is 3.70. The van der Waals surface area contributed by atoms with Crippen molar-refractivity contribution in [3.05, 3.63) is 0 Å². The summed E-state index contributed by atoms with van der Waals surface area (Å²) in [6.07, 6.45) is 4.18. The molecule has 1 amide bonds. The van der Waals surface area contributed by atoms with Crippen molar-refractivity contribution in [1.29, 1.82) is 0 Å². The van der Waals surface area contributed by atoms with Crippen LogP contribution in [0.25, 0.3) is 0 Å². The predicted octanol–water partition coefficient (Wildman–Crippen LogP) is 0.914. The van der Waals surface area contributed by atoms with Gasteiger partial charge in [-0.3, -0.25) is 4.79 Å². The first-order valence-corrected chi connectivity index (χ1v) is 6.71. The molecular formula is C13H27N3O. The molecule has 17 heavy (non-hydrogen) atoms. The van der Waals surface area contributed by atoms with Gasteiger partial charge >= 0.3 is 0 Å². The van der Waals surface area contributed by atoms with Crippen LogP contribution in [0.1, 0.15) is 32.6 Å². The minimum Gasteiger partial charge on any atom is -0.341 e. The zero-order valence-electron chi connectivity index (χ0n) is 11.5. The topological polar surface area (TPSA) is 49.6 Å². The SMILES string of the molecule is CC(CCCN)C(=O)N1CCCC(N(C)C)C1. The van der Waals surface area contributed by atoms with Gasteiger partial charge in [0.1, 0.15) is 0 Å². The summed E-state index contributed by atoms with van der Waals surface area (Å²) in [5, 5.41) is 0. The Morgan fingerprint density at radius 1 is 1.53 bits per heavy atom. The number of amides is 1. The molecule has 2 atom stereocenters. The Labute approximate surface area is 105 Å². The highest BCUT2D eigenvalue weighted by Crippen LogP contribution is 2.17. The second-order valence-electron chi connectivity index (χ2n) is 5.38. The number of hydrogen-bond donors (Lipinski definition) is 1. The summed E-state index contributed by atoms with van der Waals surface area (Å²) >= 11 is 0. The van der Waals surface area contributed by atoms with Gasteiger partial charge in [-0.05, 0) is 46.3 Å². The van der Waals surface area contributed by atoms with Crippen LogP contribution in [0.15, 0.2) is 0 Å². The van der Waals surface area contributed by atoms with E-state index in [9.17, 15) is 4.79 Å². The summed E-state index contributed by atoms with van der Waals surface area (Å²) in [5.74, 6) is 0.435. The number of rotatable bonds is 5. The van der Waals surface area contributed by atoms with E-state index in [4.69, 9.17) is 5.73 Å². The van der Waals surface area contributed by atoms with E-state index in [2.05, 4.69) is 19.0 Å². The van der Waals surface area contributed by atoms with Crippen LogP contribution in [-0.2, 0) is 4.79 Å². The van der Waals surface area contributed by atoms with Gasteiger partial charge in [0.25, 0.3) is 0 Å². The van der Waals surface area contributed by atoms with E-state index in [0.717, 1.165) is 32.4 Å². The van der Waals surface area contributed by atoms with Crippen LogP contribution >= 0.6 is 0 Å². The van der Waals surface area contributed by atoms with Crippen molar-refractivity contribution >= 4 is 5.91 Å². The number of hydrogen-bond acceptors (Lipinski definition) is 3. The summed E-state index contributed by atoms with van der Waals surface area (Å²) < 4.78 is 0. The van der Waals surface area contributed by atoms with Gasteiger partial charge in [-0.1, -0.05) is 6.92 Å². The molecule has 0 bridgehead atoms. The zero-order valence-corrected chi connectivity index (χ0v) is 11.5. The van der Waals surface area contributed by atoms with Gasteiger partial charge < -0.3 is 15.5 Å². The fourth-order valence-electron chi connectivity index (χ4n) is 2.44. The van der Waals surface area contributed by atoms with Crippen molar-refractivity contribution < 1.29 is 4.79 Å². The van der Waals surface area contributed by atoms with E-state index in [1.165, 1.54) is 6.42 Å². The van der Waals surface area contributed by atoms with E-state index in [1.54, 1.807) is 0 Å². The van der Waals surface area contributed by atoms with Gasteiger partial charge in [0.15, 0.2) is 0 Å². The van der Waals surface area contributed by atoms with E-state index in [0.29, 0.717) is 18.5 Å². The monoisotopic (exact) mass is 241 g/mol. The lowest BCUT2D eigenvalue weighted by atomic mass is 10.00. The molecule has 1 aliphatic rings. The molecule has 1 heterocycles. The lowest BCUT2D eigenvalue weighted by Crippen LogP contribution is -2.48. The van der Waals surface area contributed by atoms with Crippen LogP contribution in [0.4, 0.5) is 0 Å². The van der Waals surface area contributed by atoms with Gasteiger partial charge in [0.2, 0.25) is 5.91 Å². The second-order valence-corrected chi connectivity index (χ2v) is 5.38. The van der Waals surface area contributed by atoms with Gasteiger partial charge in [-0.2, -0.15) is 0 Å². The van der Waals surface area contributed by atoms with Crippen molar-refractivity contribution in [3.63, 3.8) is 0 Å².